The highest BCUT2D eigenvalue weighted by Crippen LogP contribution is 2.55. The standard InChI is InChI=1S/C13H17N3O3/c17-12(2-1-7-5-14-6-15-7)16-11-4-10(13(18)19)8-3-9(8)11/h5-6,8-11H,1-4H2,(H,14,15)(H,16,17)(H,18,19)/t8-,9+,10-,11+/m1/s1. The van der Waals surface area contributed by atoms with Crippen molar-refractivity contribution in [3.8, 4) is 0 Å². The van der Waals surface area contributed by atoms with Crippen LogP contribution in [0.3, 0.4) is 0 Å². The molecule has 0 bridgehead atoms. The maximum absolute atomic E-state index is 11.8. The average molecular weight is 263 g/mol. The van der Waals surface area contributed by atoms with E-state index < -0.39 is 5.97 Å². The van der Waals surface area contributed by atoms with Crippen LogP contribution >= 0.6 is 0 Å². The molecule has 1 heterocycles. The maximum atomic E-state index is 11.8. The molecule has 0 aromatic carbocycles. The zero-order valence-electron chi connectivity index (χ0n) is 10.5. The van der Waals surface area contributed by atoms with Crippen LogP contribution in [0.1, 0.15) is 25.0 Å². The van der Waals surface area contributed by atoms with Crippen LogP contribution in [-0.2, 0) is 16.0 Å². The van der Waals surface area contributed by atoms with Gasteiger partial charge in [0.15, 0.2) is 0 Å². The fourth-order valence-corrected chi connectivity index (χ4v) is 3.18. The van der Waals surface area contributed by atoms with Gasteiger partial charge in [0.2, 0.25) is 5.91 Å². The van der Waals surface area contributed by atoms with Crippen LogP contribution < -0.4 is 5.32 Å². The van der Waals surface area contributed by atoms with Crippen molar-refractivity contribution < 1.29 is 14.7 Å². The van der Waals surface area contributed by atoms with E-state index in [1.54, 1.807) is 12.5 Å². The first-order chi connectivity index (χ1) is 9.15. The summed E-state index contributed by atoms with van der Waals surface area (Å²) in [6.07, 6.45) is 5.88. The average Bonchev–Trinajstić information content (AvgIpc) is 2.84. The molecule has 2 aliphatic rings. The lowest BCUT2D eigenvalue weighted by Crippen LogP contribution is -2.36. The third kappa shape index (κ3) is 2.47. The number of nitrogens with zero attached hydrogens (tertiary/aromatic N) is 1. The van der Waals surface area contributed by atoms with Gasteiger partial charge in [-0.1, -0.05) is 0 Å². The second-order valence-electron chi connectivity index (χ2n) is 5.49. The summed E-state index contributed by atoms with van der Waals surface area (Å²) in [6, 6.07) is 0.0559. The van der Waals surface area contributed by atoms with Gasteiger partial charge in [-0.25, -0.2) is 4.98 Å². The number of rotatable bonds is 5. The normalized spacial score (nSPS) is 31.8. The quantitative estimate of drug-likeness (QED) is 0.723. The van der Waals surface area contributed by atoms with Crippen molar-refractivity contribution in [2.24, 2.45) is 17.8 Å². The summed E-state index contributed by atoms with van der Waals surface area (Å²) in [5.74, 6) is -0.312. The largest absolute Gasteiger partial charge is 0.481 e. The highest BCUT2D eigenvalue weighted by atomic mass is 16.4. The Morgan fingerprint density at radius 1 is 1.42 bits per heavy atom. The number of fused-ring (bicyclic) bond motifs is 1. The predicted octanol–water partition coefficient (Wildman–Crippen LogP) is 0.568. The second kappa shape index (κ2) is 4.68. The summed E-state index contributed by atoms with van der Waals surface area (Å²) in [4.78, 5) is 29.7. The molecule has 2 fully saturated rings. The van der Waals surface area contributed by atoms with E-state index >= 15 is 0 Å². The molecule has 1 aromatic rings. The van der Waals surface area contributed by atoms with E-state index in [0.717, 1.165) is 12.1 Å². The molecule has 4 atom stereocenters. The molecule has 3 N–H and O–H groups in total. The van der Waals surface area contributed by atoms with Crippen molar-refractivity contribution in [2.45, 2.75) is 31.7 Å². The molecule has 0 radical (unpaired) electrons. The molecule has 102 valence electrons. The SMILES string of the molecule is O=C(CCc1cnc[nH]1)N[C@H]1C[C@@H](C(=O)O)[C@@H]2C[C@@H]21. The zero-order chi connectivity index (χ0) is 13.4. The van der Waals surface area contributed by atoms with Crippen molar-refractivity contribution in [1.82, 2.24) is 15.3 Å². The van der Waals surface area contributed by atoms with Gasteiger partial charge in [0.05, 0.1) is 12.2 Å². The predicted molar refractivity (Wildman–Crippen MR) is 66.2 cm³/mol. The molecule has 1 aromatic heterocycles. The van der Waals surface area contributed by atoms with Crippen molar-refractivity contribution in [1.29, 1.82) is 0 Å². The van der Waals surface area contributed by atoms with Gasteiger partial charge in [-0.3, -0.25) is 9.59 Å². The van der Waals surface area contributed by atoms with Crippen LogP contribution in [0, 0.1) is 17.8 Å². The number of amides is 1. The second-order valence-corrected chi connectivity index (χ2v) is 5.49. The van der Waals surface area contributed by atoms with Gasteiger partial charge in [0.1, 0.15) is 0 Å². The minimum absolute atomic E-state index is 0.00344. The van der Waals surface area contributed by atoms with Crippen LogP contribution in [0.15, 0.2) is 12.5 Å². The van der Waals surface area contributed by atoms with Crippen molar-refractivity contribution in [2.75, 3.05) is 0 Å². The Hall–Kier alpha value is -1.85. The van der Waals surface area contributed by atoms with E-state index in [9.17, 15) is 9.59 Å². The minimum atomic E-state index is -0.721. The number of hydrogen-bond donors (Lipinski definition) is 3. The molecule has 19 heavy (non-hydrogen) atoms. The number of carbonyl (C=O) groups is 2. The Kier molecular flexibility index (Phi) is 3.00. The first-order valence-electron chi connectivity index (χ1n) is 6.64. The number of aryl methyl sites for hydroxylation is 1. The maximum Gasteiger partial charge on any atom is 0.306 e. The highest BCUT2D eigenvalue weighted by Gasteiger charge is 2.57. The smallest absolute Gasteiger partial charge is 0.306 e. The molecule has 3 rings (SSSR count). The van der Waals surface area contributed by atoms with Gasteiger partial charge >= 0.3 is 5.97 Å². The number of H-pyrrole nitrogens is 1. The van der Waals surface area contributed by atoms with Crippen LogP contribution in [0.25, 0.3) is 0 Å². The van der Waals surface area contributed by atoms with Crippen LogP contribution in [0.2, 0.25) is 0 Å². The van der Waals surface area contributed by atoms with E-state index in [4.69, 9.17) is 5.11 Å². The van der Waals surface area contributed by atoms with E-state index in [2.05, 4.69) is 15.3 Å². The Morgan fingerprint density at radius 3 is 2.89 bits per heavy atom. The third-order valence-corrected chi connectivity index (χ3v) is 4.27. The fraction of sp³-hybridized carbons (Fsp3) is 0.615. The van der Waals surface area contributed by atoms with Crippen molar-refractivity contribution in [3.05, 3.63) is 18.2 Å². The summed E-state index contributed by atoms with van der Waals surface area (Å²) in [5, 5.41) is 12.0. The number of nitrogens with one attached hydrogen (secondary N) is 2. The number of hydrogen-bond acceptors (Lipinski definition) is 3. The summed E-state index contributed by atoms with van der Waals surface area (Å²) >= 11 is 0. The number of aromatic amines is 1. The van der Waals surface area contributed by atoms with E-state index in [1.807, 2.05) is 0 Å². The fourth-order valence-electron chi connectivity index (χ4n) is 3.18. The van der Waals surface area contributed by atoms with Gasteiger partial charge in [-0.05, 0) is 31.1 Å². The summed E-state index contributed by atoms with van der Waals surface area (Å²) in [6.45, 7) is 0. The first kappa shape index (κ1) is 12.2. The third-order valence-electron chi connectivity index (χ3n) is 4.27. The monoisotopic (exact) mass is 263 g/mol. The molecule has 1 amide bonds. The van der Waals surface area contributed by atoms with E-state index in [-0.39, 0.29) is 23.8 Å². The van der Waals surface area contributed by atoms with Crippen molar-refractivity contribution in [3.63, 3.8) is 0 Å². The summed E-state index contributed by atoms with van der Waals surface area (Å²) in [7, 11) is 0. The van der Waals surface area contributed by atoms with Crippen LogP contribution in [0.5, 0.6) is 0 Å². The highest BCUT2D eigenvalue weighted by molar-refractivity contribution is 5.77. The lowest BCUT2D eigenvalue weighted by atomic mass is 10.0. The Labute approximate surface area is 110 Å². The minimum Gasteiger partial charge on any atom is -0.481 e. The number of imidazole rings is 1. The molecule has 0 unspecified atom stereocenters. The van der Waals surface area contributed by atoms with Crippen molar-refractivity contribution >= 4 is 11.9 Å². The Morgan fingerprint density at radius 2 is 2.26 bits per heavy atom. The lowest BCUT2D eigenvalue weighted by molar-refractivity contribution is -0.142. The topological polar surface area (TPSA) is 95.1 Å². The molecular weight excluding hydrogens is 246 g/mol. The van der Waals surface area contributed by atoms with Gasteiger partial charge in [-0.2, -0.15) is 0 Å². The lowest BCUT2D eigenvalue weighted by Gasteiger charge is -2.15. The zero-order valence-corrected chi connectivity index (χ0v) is 10.5. The molecule has 0 aliphatic heterocycles. The number of aliphatic carboxylic acids is 1. The number of aromatic nitrogens is 2. The van der Waals surface area contributed by atoms with Gasteiger partial charge in [0.25, 0.3) is 0 Å². The molecule has 6 nitrogen and oxygen atoms in total. The number of carboxylic acid groups (broad SMARTS) is 1. The Bertz CT molecular complexity index is 485. The molecule has 0 spiro atoms. The molecular formula is C13H17N3O3. The Balaban J connectivity index is 1.47. The number of carboxylic acids is 1. The molecule has 6 heteroatoms. The van der Waals surface area contributed by atoms with Crippen LogP contribution in [0.4, 0.5) is 0 Å². The van der Waals surface area contributed by atoms with Gasteiger partial charge in [-0.15, -0.1) is 0 Å². The summed E-state index contributed by atoms with van der Waals surface area (Å²) < 4.78 is 0. The summed E-state index contributed by atoms with van der Waals surface area (Å²) in [5.41, 5.74) is 0.939. The van der Waals surface area contributed by atoms with E-state index in [0.29, 0.717) is 25.2 Å². The number of carbonyl (C=O) groups excluding carboxylic acids is 1. The van der Waals surface area contributed by atoms with Gasteiger partial charge < -0.3 is 15.4 Å². The first-order valence-corrected chi connectivity index (χ1v) is 6.64. The molecule has 2 saturated carbocycles. The van der Waals surface area contributed by atoms with Crippen LogP contribution in [-0.4, -0.2) is 33.0 Å². The van der Waals surface area contributed by atoms with E-state index in [1.165, 1.54) is 0 Å². The molecule has 0 saturated heterocycles. The molecule has 2 aliphatic carbocycles. The van der Waals surface area contributed by atoms with Gasteiger partial charge in [0, 0.05) is 24.4 Å².